The number of rotatable bonds is 4. The van der Waals surface area contributed by atoms with Gasteiger partial charge >= 0.3 is 0 Å². The van der Waals surface area contributed by atoms with Crippen molar-refractivity contribution in [1.29, 1.82) is 0 Å². The summed E-state index contributed by atoms with van der Waals surface area (Å²) in [5.74, 6) is -0.164. The molecule has 1 aromatic heterocycles. The minimum Gasteiger partial charge on any atom is -0.348 e. The molecule has 0 aliphatic carbocycles. The largest absolute Gasteiger partial charge is 0.348 e. The Morgan fingerprint density at radius 3 is 2.80 bits per heavy atom. The van der Waals surface area contributed by atoms with Crippen molar-refractivity contribution in [3.63, 3.8) is 0 Å². The molecule has 4 nitrogen and oxygen atoms in total. The van der Waals surface area contributed by atoms with Crippen LogP contribution in [-0.2, 0) is 4.79 Å². The molecule has 3 N–H and O–H groups in total. The van der Waals surface area contributed by atoms with E-state index >= 15 is 0 Å². The number of carbonyl (C=O) groups is 1. The van der Waals surface area contributed by atoms with Crippen LogP contribution in [0.1, 0.15) is 30.6 Å². The number of nitrogens with one attached hydrogen (secondary N) is 1. The van der Waals surface area contributed by atoms with Gasteiger partial charge in [0.05, 0.1) is 16.7 Å². The van der Waals surface area contributed by atoms with Gasteiger partial charge in [-0.2, -0.15) is 0 Å². The van der Waals surface area contributed by atoms with Gasteiger partial charge in [-0.3, -0.25) is 4.79 Å². The van der Waals surface area contributed by atoms with Gasteiger partial charge in [-0.05, 0) is 13.8 Å². The molecule has 0 aliphatic rings. The topological polar surface area (TPSA) is 68.0 Å². The Hall–Kier alpha value is -0.940. The predicted molar refractivity (Wildman–Crippen MR) is 61.6 cm³/mol. The van der Waals surface area contributed by atoms with Gasteiger partial charge in [-0.25, -0.2) is 4.98 Å². The monoisotopic (exact) mass is 227 g/mol. The van der Waals surface area contributed by atoms with Crippen LogP contribution in [0.15, 0.2) is 5.38 Å². The van der Waals surface area contributed by atoms with Crippen LogP contribution in [0, 0.1) is 12.8 Å². The highest BCUT2D eigenvalue weighted by atomic mass is 32.1. The van der Waals surface area contributed by atoms with Gasteiger partial charge in [-0.1, -0.05) is 6.92 Å². The van der Waals surface area contributed by atoms with E-state index in [0.29, 0.717) is 6.54 Å². The van der Waals surface area contributed by atoms with E-state index in [9.17, 15) is 4.79 Å². The summed E-state index contributed by atoms with van der Waals surface area (Å²) >= 11 is 1.59. The van der Waals surface area contributed by atoms with E-state index in [-0.39, 0.29) is 17.9 Å². The van der Waals surface area contributed by atoms with Gasteiger partial charge in [0.2, 0.25) is 5.91 Å². The molecule has 1 aromatic rings. The standard InChI is InChI=1S/C10H17N3OS/c1-6(4-11)10(14)12-7(2)9-5-15-8(3)13-9/h5-7H,4,11H2,1-3H3,(H,12,14). The number of amides is 1. The molecule has 15 heavy (non-hydrogen) atoms. The van der Waals surface area contributed by atoms with Crippen LogP contribution in [0.4, 0.5) is 0 Å². The van der Waals surface area contributed by atoms with E-state index in [4.69, 9.17) is 5.73 Å². The van der Waals surface area contributed by atoms with Crippen molar-refractivity contribution in [2.75, 3.05) is 6.54 Å². The van der Waals surface area contributed by atoms with E-state index in [2.05, 4.69) is 10.3 Å². The van der Waals surface area contributed by atoms with E-state index in [0.717, 1.165) is 10.7 Å². The second kappa shape index (κ2) is 5.23. The minimum atomic E-state index is -0.146. The van der Waals surface area contributed by atoms with Gasteiger partial charge in [0, 0.05) is 17.8 Å². The average Bonchev–Trinajstić information content (AvgIpc) is 2.63. The Morgan fingerprint density at radius 2 is 2.33 bits per heavy atom. The Labute approximate surface area is 93.9 Å². The lowest BCUT2D eigenvalue weighted by Gasteiger charge is -2.14. The van der Waals surface area contributed by atoms with Crippen LogP contribution >= 0.6 is 11.3 Å². The first-order chi connectivity index (χ1) is 7.04. The molecule has 5 heteroatoms. The highest BCUT2D eigenvalue weighted by molar-refractivity contribution is 7.09. The molecule has 1 rings (SSSR count). The lowest BCUT2D eigenvalue weighted by atomic mass is 10.1. The van der Waals surface area contributed by atoms with Gasteiger partial charge in [0.25, 0.3) is 0 Å². The number of nitrogens with two attached hydrogens (primary N) is 1. The van der Waals surface area contributed by atoms with Crippen LogP contribution in [0.25, 0.3) is 0 Å². The van der Waals surface area contributed by atoms with Crippen molar-refractivity contribution < 1.29 is 4.79 Å². The Kier molecular flexibility index (Phi) is 4.23. The third-order valence-corrected chi connectivity index (χ3v) is 3.03. The number of aryl methyl sites for hydroxylation is 1. The summed E-state index contributed by atoms with van der Waals surface area (Å²) in [7, 11) is 0. The van der Waals surface area contributed by atoms with E-state index < -0.39 is 0 Å². The summed E-state index contributed by atoms with van der Waals surface area (Å²) in [6, 6.07) is -0.0450. The van der Waals surface area contributed by atoms with Crippen LogP contribution < -0.4 is 11.1 Å². The first-order valence-electron chi connectivity index (χ1n) is 4.97. The lowest BCUT2D eigenvalue weighted by Crippen LogP contribution is -2.35. The zero-order valence-corrected chi connectivity index (χ0v) is 10.1. The number of aromatic nitrogens is 1. The number of hydrogen-bond acceptors (Lipinski definition) is 4. The van der Waals surface area contributed by atoms with Crippen molar-refractivity contribution in [3.05, 3.63) is 16.1 Å². The molecule has 84 valence electrons. The molecule has 1 amide bonds. The van der Waals surface area contributed by atoms with Gasteiger partial charge < -0.3 is 11.1 Å². The maximum atomic E-state index is 11.5. The molecule has 0 aromatic carbocycles. The lowest BCUT2D eigenvalue weighted by molar-refractivity contribution is -0.124. The molecule has 0 saturated heterocycles. The fraction of sp³-hybridized carbons (Fsp3) is 0.600. The fourth-order valence-corrected chi connectivity index (χ4v) is 1.82. The predicted octanol–water partition coefficient (Wildman–Crippen LogP) is 1.22. The van der Waals surface area contributed by atoms with Crippen LogP contribution in [-0.4, -0.2) is 17.4 Å². The molecule has 0 aliphatic heterocycles. The fourth-order valence-electron chi connectivity index (χ4n) is 1.12. The minimum absolute atomic E-state index is 0.0179. The zero-order chi connectivity index (χ0) is 11.4. The number of carbonyl (C=O) groups excluding carboxylic acids is 1. The Morgan fingerprint density at radius 1 is 1.67 bits per heavy atom. The van der Waals surface area contributed by atoms with Gasteiger partial charge in [-0.15, -0.1) is 11.3 Å². The molecular formula is C10H17N3OS. The molecule has 0 spiro atoms. The molecule has 0 fully saturated rings. The average molecular weight is 227 g/mol. The van der Waals surface area contributed by atoms with Crippen LogP contribution in [0.2, 0.25) is 0 Å². The quantitative estimate of drug-likeness (QED) is 0.812. The Bertz CT molecular complexity index is 337. The van der Waals surface area contributed by atoms with E-state index in [1.54, 1.807) is 11.3 Å². The van der Waals surface area contributed by atoms with Gasteiger partial charge in [0.1, 0.15) is 0 Å². The van der Waals surface area contributed by atoms with Crippen molar-refractivity contribution in [1.82, 2.24) is 10.3 Å². The van der Waals surface area contributed by atoms with Crippen LogP contribution in [0.5, 0.6) is 0 Å². The normalized spacial score (nSPS) is 14.7. The van der Waals surface area contributed by atoms with E-state index in [1.165, 1.54) is 0 Å². The summed E-state index contributed by atoms with van der Waals surface area (Å²) in [5.41, 5.74) is 6.33. The number of hydrogen-bond donors (Lipinski definition) is 2. The molecule has 0 saturated carbocycles. The number of nitrogens with zero attached hydrogens (tertiary/aromatic N) is 1. The highest BCUT2D eigenvalue weighted by Crippen LogP contribution is 2.15. The van der Waals surface area contributed by atoms with Crippen molar-refractivity contribution in [2.45, 2.75) is 26.8 Å². The first kappa shape index (κ1) is 12.1. The molecule has 1 heterocycles. The summed E-state index contributed by atoms with van der Waals surface area (Å²) < 4.78 is 0. The van der Waals surface area contributed by atoms with Crippen molar-refractivity contribution in [3.8, 4) is 0 Å². The zero-order valence-electron chi connectivity index (χ0n) is 9.28. The van der Waals surface area contributed by atoms with Crippen LogP contribution in [0.3, 0.4) is 0 Å². The van der Waals surface area contributed by atoms with Crippen molar-refractivity contribution >= 4 is 17.2 Å². The molecule has 0 radical (unpaired) electrons. The first-order valence-corrected chi connectivity index (χ1v) is 5.85. The SMILES string of the molecule is Cc1nc(C(C)NC(=O)C(C)CN)cs1. The third-order valence-electron chi connectivity index (χ3n) is 2.24. The maximum absolute atomic E-state index is 11.5. The summed E-state index contributed by atoms with van der Waals surface area (Å²) in [6.45, 7) is 6.06. The Balaban J connectivity index is 2.56. The summed E-state index contributed by atoms with van der Waals surface area (Å²) in [6.07, 6.45) is 0. The summed E-state index contributed by atoms with van der Waals surface area (Å²) in [4.78, 5) is 15.9. The van der Waals surface area contributed by atoms with Gasteiger partial charge in [0.15, 0.2) is 0 Å². The highest BCUT2D eigenvalue weighted by Gasteiger charge is 2.15. The molecule has 2 atom stereocenters. The van der Waals surface area contributed by atoms with E-state index in [1.807, 2.05) is 26.2 Å². The second-order valence-electron chi connectivity index (χ2n) is 3.66. The smallest absolute Gasteiger partial charge is 0.224 e. The van der Waals surface area contributed by atoms with Crippen molar-refractivity contribution in [2.24, 2.45) is 11.7 Å². The molecule has 0 bridgehead atoms. The second-order valence-corrected chi connectivity index (χ2v) is 4.72. The summed E-state index contributed by atoms with van der Waals surface area (Å²) in [5, 5.41) is 5.86. The maximum Gasteiger partial charge on any atom is 0.224 e. The molecule has 2 unspecified atom stereocenters. The third kappa shape index (κ3) is 3.28. The number of thiazole rings is 1. The molecular weight excluding hydrogens is 210 g/mol.